The minimum absolute atomic E-state index is 0.334. The van der Waals surface area contributed by atoms with Crippen LogP contribution in [0, 0.1) is 10.8 Å². The first-order valence-corrected chi connectivity index (χ1v) is 7.83. The summed E-state index contributed by atoms with van der Waals surface area (Å²) in [5.41, 5.74) is 0.668. The molecule has 0 bridgehead atoms. The van der Waals surface area contributed by atoms with E-state index >= 15 is 0 Å². The van der Waals surface area contributed by atoms with Crippen LogP contribution in [-0.2, 0) is 9.47 Å². The topological polar surface area (TPSA) is 42.5 Å². The SMILES string of the molecule is CC(C)(C)C1COCCN1.CC(C)(C)[C@@H]1COCCN1. The monoisotopic (exact) mass is 286 g/mol. The van der Waals surface area contributed by atoms with E-state index in [-0.39, 0.29) is 0 Å². The van der Waals surface area contributed by atoms with Gasteiger partial charge in [-0.25, -0.2) is 0 Å². The molecule has 2 rings (SSSR count). The second-order valence-corrected chi connectivity index (χ2v) is 7.90. The molecule has 2 aliphatic rings. The zero-order chi connectivity index (χ0) is 15.2. The molecule has 1 unspecified atom stereocenters. The summed E-state index contributed by atoms with van der Waals surface area (Å²) in [6.45, 7) is 18.9. The van der Waals surface area contributed by atoms with E-state index in [1.165, 1.54) is 0 Å². The van der Waals surface area contributed by atoms with E-state index in [1.807, 2.05) is 0 Å². The van der Waals surface area contributed by atoms with Crippen molar-refractivity contribution in [2.45, 2.75) is 53.6 Å². The van der Waals surface area contributed by atoms with Crippen molar-refractivity contribution in [3.05, 3.63) is 0 Å². The molecule has 2 aliphatic heterocycles. The summed E-state index contributed by atoms with van der Waals surface area (Å²) in [5.74, 6) is 0. The summed E-state index contributed by atoms with van der Waals surface area (Å²) >= 11 is 0. The molecule has 0 saturated carbocycles. The Bertz CT molecular complexity index is 229. The lowest BCUT2D eigenvalue weighted by molar-refractivity contribution is 0.0391. The van der Waals surface area contributed by atoms with E-state index in [1.54, 1.807) is 0 Å². The highest BCUT2D eigenvalue weighted by atomic mass is 16.5. The number of hydrogen-bond donors (Lipinski definition) is 2. The molecule has 4 nitrogen and oxygen atoms in total. The summed E-state index contributed by atoms with van der Waals surface area (Å²) < 4.78 is 10.7. The van der Waals surface area contributed by atoms with Crippen LogP contribution in [0.3, 0.4) is 0 Å². The van der Waals surface area contributed by atoms with Crippen molar-refractivity contribution in [1.29, 1.82) is 0 Å². The smallest absolute Gasteiger partial charge is 0.0625 e. The number of nitrogens with one attached hydrogen (secondary N) is 2. The van der Waals surface area contributed by atoms with Crippen molar-refractivity contribution in [3.8, 4) is 0 Å². The number of ether oxygens (including phenoxy) is 2. The largest absolute Gasteiger partial charge is 0.378 e. The first-order valence-electron chi connectivity index (χ1n) is 7.83. The predicted molar refractivity (Wildman–Crippen MR) is 84.1 cm³/mol. The molecule has 2 fully saturated rings. The van der Waals surface area contributed by atoms with Crippen LogP contribution >= 0.6 is 0 Å². The van der Waals surface area contributed by atoms with Crippen LogP contribution in [0.5, 0.6) is 0 Å². The van der Waals surface area contributed by atoms with Gasteiger partial charge in [-0.3, -0.25) is 0 Å². The quantitative estimate of drug-likeness (QED) is 0.715. The first-order chi connectivity index (χ1) is 9.21. The van der Waals surface area contributed by atoms with Gasteiger partial charge in [0, 0.05) is 25.2 Å². The molecule has 20 heavy (non-hydrogen) atoms. The number of rotatable bonds is 0. The Hall–Kier alpha value is -0.160. The Morgan fingerprint density at radius 2 is 1.05 bits per heavy atom. The van der Waals surface area contributed by atoms with Gasteiger partial charge in [0.25, 0.3) is 0 Å². The normalized spacial score (nSPS) is 28.5. The molecule has 2 heterocycles. The molecule has 0 aromatic rings. The van der Waals surface area contributed by atoms with E-state index < -0.39 is 0 Å². The van der Waals surface area contributed by atoms with Crippen LogP contribution in [0.4, 0.5) is 0 Å². The van der Waals surface area contributed by atoms with Crippen LogP contribution < -0.4 is 10.6 Å². The molecule has 0 aromatic carbocycles. The summed E-state index contributed by atoms with van der Waals surface area (Å²) in [4.78, 5) is 0. The fraction of sp³-hybridized carbons (Fsp3) is 1.00. The molecule has 0 amide bonds. The minimum Gasteiger partial charge on any atom is -0.378 e. The van der Waals surface area contributed by atoms with Gasteiger partial charge in [-0.15, -0.1) is 0 Å². The van der Waals surface area contributed by atoms with Gasteiger partial charge in [-0.1, -0.05) is 41.5 Å². The minimum atomic E-state index is 0.334. The van der Waals surface area contributed by atoms with Gasteiger partial charge < -0.3 is 20.1 Å². The number of morpholine rings is 2. The second kappa shape index (κ2) is 7.74. The third-order valence-electron chi connectivity index (χ3n) is 3.93. The Morgan fingerprint density at radius 1 is 0.700 bits per heavy atom. The van der Waals surface area contributed by atoms with E-state index in [2.05, 4.69) is 52.2 Å². The van der Waals surface area contributed by atoms with Gasteiger partial charge in [-0.05, 0) is 10.8 Å². The molecular formula is C16H34N2O2. The average Bonchev–Trinajstić information content (AvgIpc) is 2.40. The lowest BCUT2D eigenvalue weighted by Crippen LogP contribution is -2.48. The average molecular weight is 286 g/mol. The highest BCUT2D eigenvalue weighted by Gasteiger charge is 2.26. The van der Waals surface area contributed by atoms with E-state index in [0.29, 0.717) is 22.9 Å². The van der Waals surface area contributed by atoms with Gasteiger partial charge in [0.15, 0.2) is 0 Å². The third kappa shape index (κ3) is 6.53. The maximum atomic E-state index is 5.35. The van der Waals surface area contributed by atoms with E-state index in [0.717, 1.165) is 39.5 Å². The van der Waals surface area contributed by atoms with Gasteiger partial charge in [-0.2, -0.15) is 0 Å². The van der Waals surface area contributed by atoms with Crippen LogP contribution in [0.25, 0.3) is 0 Å². The molecule has 2 saturated heterocycles. The van der Waals surface area contributed by atoms with Crippen molar-refractivity contribution >= 4 is 0 Å². The lowest BCUT2D eigenvalue weighted by Gasteiger charge is -2.34. The Morgan fingerprint density at radius 3 is 1.20 bits per heavy atom. The summed E-state index contributed by atoms with van der Waals surface area (Å²) in [5, 5.41) is 6.87. The van der Waals surface area contributed by atoms with Gasteiger partial charge >= 0.3 is 0 Å². The highest BCUT2D eigenvalue weighted by Crippen LogP contribution is 2.21. The number of hydrogen-bond acceptors (Lipinski definition) is 4. The Balaban J connectivity index is 0.000000200. The molecular weight excluding hydrogens is 252 g/mol. The summed E-state index contributed by atoms with van der Waals surface area (Å²) in [6, 6.07) is 1.06. The molecule has 0 spiro atoms. The fourth-order valence-corrected chi connectivity index (χ4v) is 2.24. The van der Waals surface area contributed by atoms with Gasteiger partial charge in [0.2, 0.25) is 0 Å². The van der Waals surface area contributed by atoms with Gasteiger partial charge in [0.05, 0.1) is 26.4 Å². The first kappa shape index (κ1) is 17.9. The van der Waals surface area contributed by atoms with Crippen molar-refractivity contribution in [2.75, 3.05) is 39.5 Å². The van der Waals surface area contributed by atoms with E-state index in [9.17, 15) is 0 Å². The van der Waals surface area contributed by atoms with E-state index in [4.69, 9.17) is 9.47 Å². The standard InChI is InChI=1S/2C8H17NO/c2*1-8(2,3)7-6-10-5-4-9-7/h2*7,9H,4-6H2,1-3H3/t7-;/m0./s1. The lowest BCUT2D eigenvalue weighted by atomic mass is 9.87. The van der Waals surface area contributed by atoms with Crippen LogP contribution in [0.15, 0.2) is 0 Å². The third-order valence-corrected chi connectivity index (χ3v) is 3.93. The zero-order valence-corrected chi connectivity index (χ0v) is 14.2. The fourth-order valence-electron chi connectivity index (χ4n) is 2.24. The van der Waals surface area contributed by atoms with Crippen LogP contribution in [0.2, 0.25) is 0 Å². The van der Waals surface area contributed by atoms with Crippen LogP contribution in [-0.4, -0.2) is 51.6 Å². The summed E-state index contributed by atoms with van der Waals surface area (Å²) in [6.07, 6.45) is 0. The Labute approximate surface area is 125 Å². The van der Waals surface area contributed by atoms with Crippen molar-refractivity contribution in [1.82, 2.24) is 10.6 Å². The van der Waals surface area contributed by atoms with Crippen LogP contribution in [0.1, 0.15) is 41.5 Å². The molecule has 2 N–H and O–H groups in total. The maximum absolute atomic E-state index is 5.35. The van der Waals surface area contributed by atoms with Crippen molar-refractivity contribution in [3.63, 3.8) is 0 Å². The molecule has 2 atom stereocenters. The molecule has 120 valence electrons. The maximum Gasteiger partial charge on any atom is 0.0625 e. The van der Waals surface area contributed by atoms with Gasteiger partial charge in [0.1, 0.15) is 0 Å². The second-order valence-electron chi connectivity index (χ2n) is 7.90. The van der Waals surface area contributed by atoms with Crippen molar-refractivity contribution in [2.24, 2.45) is 10.8 Å². The Kier molecular flexibility index (Phi) is 6.92. The predicted octanol–water partition coefficient (Wildman–Crippen LogP) is 2.04. The summed E-state index contributed by atoms with van der Waals surface area (Å²) in [7, 11) is 0. The zero-order valence-electron chi connectivity index (χ0n) is 14.2. The molecule has 0 aromatic heterocycles. The van der Waals surface area contributed by atoms with Crippen molar-refractivity contribution < 1.29 is 9.47 Å². The molecule has 0 radical (unpaired) electrons. The molecule has 4 heteroatoms. The molecule has 0 aliphatic carbocycles. The highest BCUT2D eigenvalue weighted by molar-refractivity contribution is 4.82.